The summed E-state index contributed by atoms with van der Waals surface area (Å²) < 4.78 is 0. The Morgan fingerprint density at radius 2 is 1.92 bits per heavy atom. The molecule has 0 bridgehead atoms. The summed E-state index contributed by atoms with van der Waals surface area (Å²) in [7, 11) is 0. The summed E-state index contributed by atoms with van der Waals surface area (Å²) in [5.41, 5.74) is 6.17. The third-order valence-corrected chi connectivity index (χ3v) is 3.07. The van der Waals surface area contributed by atoms with E-state index in [1.54, 1.807) is 0 Å². The van der Waals surface area contributed by atoms with Crippen LogP contribution < -0.4 is 5.73 Å². The van der Waals surface area contributed by atoms with Crippen LogP contribution in [0.3, 0.4) is 0 Å². The van der Waals surface area contributed by atoms with Gasteiger partial charge in [-0.15, -0.1) is 0 Å². The number of aliphatic hydroxyl groups is 1. The molecular formula is C10H22N2O. The van der Waals surface area contributed by atoms with E-state index < -0.39 is 0 Å². The molecule has 0 aliphatic carbocycles. The summed E-state index contributed by atoms with van der Waals surface area (Å²) in [6.45, 7) is 9.62. The molecular weight excluding hydrogens is 164 g/mol. The molecule has 1 aliphatic rings. The van der Waals surface area contributed by atoms with Gasteiger partial charge in [0.25, 0.3) is 0 Å². The predicted molar refractivity (Wildman–Crippen MR) is 54.4 cm³/mol. The molecule has 1 heterocycles. The maximum absolute atomic E-state index is 8.88. The number of likely N-dealkylation sites (tertiary alicyclic amines) is 1. The van der Waals surface area contributed by atoms with Crippen LogP contribution in [0.5, 0.6) is 0 Å². The van der Waals surface area contributed by atoms with E-state index in [2.05, 4.69) is 25.7 Å². The van der Waals surface area contributed by atoms with Gasteiger partial charge in [0, 0.05) is 31.8 Å². The Bertz CT molecular complexity index is 164. The second-order valence-corrected chi connectivity index (χ2v) is 4.85. The average molecular weight is 186 g/mol. The summed E-state index contributed by atoms with van der Waals surface area (Å²) in [4.78, 5) is 2.32. The molecule has 13 heavy (non-hydrogen) atoms. The fourth-order valence-electron chi connectivity index (χ4n) is 1.78. The highest BCUT2D eigenvalue weighted by atomic mass is 16.3. The highest BCUT2D eigenvalue weighted by molar-refractivity contribution is 5.01. The first-order valence-corrected chi connectivity index (χ1v) is 5.10. The standard InChI is InChI=1S/C10H22N2O/c1-8(2)10(11)6-12(7-10)4-9(3)5-13/h8-9,13H,4-7,11H2,1-3H3. The molecule has 3 heteroatoms. The van der Waals surface area contributed by atoms with Gasteiger partial charge in [-0.25, -0.2) is 0 Å². The molecule has 0 amide bonds. The van der Waals surface area contributed by atoms with Crippen molar-refractivity contribution in [1.29, 1.82) is 0 Å². The van der Waals surface area contributed by atoms with Gasteiger partial charge in [-0.05, 0) is 11.8 Å². The highest BCUT2D eigenvalue weighted by Gasteiger charge is 2.41. The van der Waals surface area contributed by atoms with E-state index in [-0.39, 0.29) is 12.1 Å². The molecule has 0 saturated carbocycles. The third-order valence-electron chi connectivity index (χ3n) is 3.07. The van der Waals surface area contributed by atoms with Crippen LogP contribution >= 0.6 is 0 Å². The number of rotatable bonds is 4. The van der Waals surface area contributed by atoms with Crippen molar-refractivity contribution in [3.63, 3.8) is 0 Å². The molecule has 78 valence electrons. The summed E-state index contributed by atoms with van der Waals surface area (Å²) in [6.07, 6.45) is 0. The lowest BCUT2D eigenvalue weighted by molar-refractivity contribution is 0.0202. The maximum Gasteiger partial charge on any atom is 0.0468 e. The number of nitrogens with two attached hydrogens (primary N) is 1. The van der Waals surface area contributed by atoms with Crippen molar-refractivity contribution in [1.82, 2.24) is 4.90 Å². The van der Waals surface area contributed by atoms with Crippen molar-refractivity contribution in [3.05, 3.63) is 0 Å². The Morgan fingerprint density at radius 3 is 2.31 bits per heavy atom. The zero-order valence-corrected chi connectivity index (χ0v) is 8.95. The Kier molecular flexibility index (Phi) is 3.33. The van der Waals surface area contributed by atoms with Crippen LogP contribution in [-0.4, -0.2) is 41.8 Å². The van der Waals surface area contributed by atoms with Crippen molar-refractivity contribution in [2.45, 2.75) is 26.3 Å². The van der Waals surface area contributed by atoms with Gasteiger partial charge in [0.2, 0.25) is 0 Å². The molecule has 0 aromatic carbocycles. The summed E-state index contributed by atoms with van der Waals surface area (Å²) in [6, 6.07) is 0. The molecule has 1 aliphatic heterocycles. The van der Waals surface area contributed by atoms with E-state index in [4.69, 9.17) is 10.8 Å². The van der Waals surface area contributed by atoms with Crippen LogP contribution in [0.2, 0.25) is 0 Å². The second-order valence-electron chi connectivity index (χ2n) is 4.85. The van der Waals surface area contributed by atoms with Crippen molar-refractivity contribution < 1.29 is 5.11 Å². The normalized spacial score (nSPS) is 24.5. The first-order chi connectivity index (χ1) is 5.98. The Balaban J connectivity index is 2.25. The van der Waals surface area contributed by atoms with E-state index in [0.29, 0.717) is 11.8 Å². The van der Waals surface area contributed by atoms with Crippen LogP contribution in [0, 0.1) is 11.8 Å². The summed E-state index contributed by atoms with van der Waals surface area (Å²) in [5.74, 6) is 0.921. The topological polar surface area (TPSA) is 49.5 Å². The van der Waals surface area contributed by atoms with E-state index in [1.165, 1.54) is 0 Å². The lowest BCUT2D eigenvalue weighted by Crippen LogP contribution is -2.70. The fourth-order valence-corrected chi connectivity index (χ4v) is 1.78. The Morgan fingerprint density at radius 1 is 1.38 bits per heavy atom. The molecule has 0 spiro atoms. The molecule has 0 radical (unpaired) electrons. The largest absolute Gasteiger partial charge is 0.396 e. The van der Waals surface area contributed by atoms with Gasteiger partial charge in [0.1, 0.15) is 0 Å². The Labute approximate surface area is 80.9 Å². The number of hydrogen-bond acceptors (Lipinski definition) is 3. The molecule has 3 N–H and O–H groups in total. The van der Waals surface area contributed by atoms with Crippen molar-refractivity contribution >= 4 is 0 Å². The molecule has 1 fully saturated rings. The van der Waals surface area contributed by atoms with Crippen LogP contribution in [0.25, 0.3) is 0 Å². The zero-order chi connectivity index (χ0) is 10.1. The third kappa shape index (κ3) is 2.42. The molecule has 1 atom stereocenters. The smallest absolute Gasteiger partial charge is 0.0468 e. The predicted octanol–water partition coefficient (Wildman–Crippen LogP) is 0.284. The number of aliphatic hydroxyl groups excluding tert-OH is 1. The van der Waals surface area contributed by atoms with Crippen LogP contribution in [-0.2, 0) is 0 Å². The number of nitrogens with zero attached hydrogens (tertiary/aromatic N) is 1. The van der Waals surface area contributed by atoms with Crippen LogP contribution in [0.4, 0.5) is 0 Å². The molecule has 1 rings (SSSR count). The van der Waals surface area contributed by atoms with Gasteiger partial charge >= 0.3 is 0 Å². The van der Waals surface area contributed by atoms with E-state index >= 15 is 0 Å². The van der Waals surface area contributed by atoms with E-state index in [1.807, 2.05) is 0 Å². The van der Waals surface area contributed by atoms with Crippen molar-refractivity contribution in [3.8, 4) is 0 Å². The van der Waals surface area contributed by atoms with Crippen molar-refractivity contribution in [2.24, 2.45) is 17.6 Å². The monoisotopic (exact) mass is 186 g/mol. The average Bonchev–Trinajstić information content (AvgIpc) is 2.00. The molecule has 1 unspecified atom stereocenters. The van der Waals surface area contributed by atoms with Crippen LogP contribution in [0.1, 0.15) is 20.8 Å². The minimum Gasteiger partial charge on any atom is -0.396 e. The summed E-state index contributed by atoms with van der Waals surface area (Å²) >= 11 is 0. The lowest BCUT2D eigenvalue weighted by Gasteiger charge is -2.51. The minimum atomic E-state index is 0.0230. The quantitative estimate of drug-likeness (QED) is 0.663. The lowest BCUT2D eigenvalue weighted by atomic mass is 9.80. The van der Waals surface area contributed by atoms with Gasteiger partial charge in [-0.2, -0.15) is 0 Å². The van der Waals surface area contributed by atoms with Gasteiger partial charge in [0.15, 0.2) is 0 Å². The summed E-state index contributed by atoms with van der Waals surface area (Å²) in [5, 5.41) is 8.88. The number of hydrogen-bond donors (Lipinski definition) is 2. The zero-order valence-electron chi connectivity index (χ0n) is 8.95. The minimum absolute atomic E-state index is 0.0230. The second kappa shape index (κ2) is 3.95. The first kappa shape index (κ1) is 11.0. The molecule has 0 aromatic heterocycles. The van der Waals surface area contributed by atoms with Crippen LogP contribution in [0.15, 0.2) is 0 Å². The van der Waals surface area contributed by atoms with E-state index in [9.17, 15) is 0 Å². The SMILES string of the molecule is CC(CO)CN1CC(N)(C(C)C)C1. The van der Waals surface area contributed by atoms with Gasteiger partial charge in [-0.3, -0.25) is 4.90 Å². The molecule has 0 aromatic rings. The highest BCUT2D eigenvalue weighted by Crippen LogP contribution is 2.26. The van der Waals surface area contributed by atoms with Gasteiger partial charge in [0.05, 0.1) is 0 Å². The Hall–Kier alpha value is -0.120. The maximum atomic E-state index is 8.88. The van der Waals surface area contributed by atoms with Crippen molar-refractivity contribution in [2.75, 3.05) is 26.2 Å². The fraction of sp³-hybridized carbons (Fsp3) is 1.00. The van der Waals surface area contributed by atoms with Gasteiger partial charge < -0.3 is 10.8 Å². The first-order valence-electron chi connectivity index (χ1n) is 5.10. The molecule has 1 saturated heterocycles. The molecule has 3 nitrogen and oxygen atoms in total. The van der Waals surface area contributed by atoms with Gasteiger partial charge in [-0.1, -0.05) is 20.8 Å². The van der Waals surface area contributed by atoms with E-state index in [0.717, 1.165) is 19.6 Å².